The van der Waals surface area contributed by atoms with Gasteiger partial charge in [0, 0.05) is 18.7 Å². The zero-order valence-electron chi connectivity index (χ0n) is 14.7. The first kappa shape index (κ1) is 21.5. The van der Waals surface area contributed by atoms with Gasteiger partial charge >= 0.3 is 0 Å². The Labute approximate surface area is 159 Å². The number of halogens is 1. The third-order valence-electron chi connectivity index (χ3n) is 3.42. The highest BCUT2D eigenvalue weighted by Crippen LogP contribution is 2.18. The van der Waals surface area contributed by atoms with Crippen molar-refractivity contribution in [3.05, 3.63) is 59.7 Å². The molecule has 0 aliphatic rings. The summed E-state index contributed by atoms with van der Waals surface area (Å²) in [6.45, 7) is 3.33. The van der Waals surface area contributed by atoms with E-state index < -0.39 is 0 Å². The molecule has 140 valence electrons. The van der Waals surface area contributed by atoms with Gasteiger partial charge in [0.05, 0.1) is 17.9 Å². The number of carbonyl (C=O) groups is 2. The van der Waals surface area contributed by atoms with Crippen LogP contribution in [0.3, 0.4) is 0 Å². The Bertz CT molecular complexity index is 737. The highest BCUT2D eigenvalue weighted by molar-refractivity contribution is 6.09. The van der Waals surface area contributed by atoms with Crippen molar-refractivity contribution in [3.63, 3.8) is 0 Å². The van der Waals surface area contributed by atoms with Gasteiger partial charge in [0.25, 0.3) is 11.8 Å². The SMILES string of the molecule is CCCOc1cccc(C(=O)Nc2ccccc2C(=O)NCCN)c1.Cl. The predicted octanol–water partition coefficient (Wildman–Crippen LogP) is 2.84. The molecule has 2 amide bonds. The molecule has 2 rings (SSSR count). The fraction of sp³-hybridized carbons (Fsp3) is 0.263. The van der Waals surface area contributed by atoms with Crippen molar-refractivity contribution >= 4 is 29.9 Å². The van der Waals surface area contributed by atoms with Gasteiger partial charge < -0.3 is 21.1 Å². The molecule has 0 heterocycles. The standard InChI is InChI=1S/C19H23N3O3.ClH/c1-2-12-25-15-7-5-6-14(13-15)18(23)22-17-9-4-3-8-16(17)19(24)21-11-10-20;/h3-9,13H,2,10-12,20H2,1H3,(H,21,24)(H,22,23);1H. The summed E-state index contributed by atoms with van der Waals surface area (Å²) < 4.78 is 5.55. The molecule has 2 aromatic rings. The molecule has 0 unspecified atom stereocenters. The molecular formula is C19H24ClN3O3. The molecule has 0 saturated heterocycles. The summed E-state index contributed by atoms with van der Waals surface area (Å²) in [7, 11) is 0. The molecule has 7 heteroatoms. The molecule has 0 bridgehead atoms. The van der Waals surface area contributed by atoms with Gasteiger partial charge in [-0.3, -0.25) is 9.59 Å². The third-order valence-corrected chi connectivity index (χ3v) is 3.42. The lowest BCUT2D eigenvalue weighted by Gasteiger charge is -2.12. The molecule has 0 radical (unpaired) electrons. The number of rotatable bonds is 8. The number of carbonyl (C=O) groups excluding carboxylic acids is 2. The molecule has 0 spiro atoms. The van der Waals surface area contributed by atoms with Crippen LogP contribution in [0.4, 0.5) is 5.69 Å². The number of hydrogen-bond acceptors (Lipinski definition) is 4. The van der Waals surface area contributed by atoms with Crippen LogP contribution in [-0.4, -0.2) is 31.5 Å². The quantitative estimate of drug-likeness (QED) is 0.659. The highest BCUT2D eigenvalue weighted by atomic mass is 35.5. The van der Waals surface area contributed by atoms with Crippen molar-refractivity contribution in [1.82, 2.24) is 5.32 Å². The summed E-state index contributed by atoms with van der Waals surface area (Å²) in [6.07, 6.45) is 0.891. The van der Waals surface area contributed by atoms with Gasteiger partial charge in [-0.25, -0.2) is 0 Å². The molecule has 2 aromatic carbocycles. The number of anilines is 1. The summed E-state index contributed by atoms with van der Waals surface area (Å²) in [5.74, 6) is 0.0610. The van der Waals surface area contributed by atoms with Crippen LogP contribution in [0.15, 0.2) is 48.5 Å². The Kier molecular flexibility index (Phi) is 9.19. The van der Waals surface area contributed by atoms with E-state index >= 15 is 0 Å². The number of para-hydroxylation sites is 1. The smallest absolute Gasteiger partial charge is 0.255 e. The van der Waals surface area contributed by atoms with Gasteiger partial charge in [0.1, 0.15) is 5.75 Å². The fourth-order valence-electron chi connectivity index (χ4n) is 2.21. The van der Waals surface area contributed by atoms with Crippen molar-refractivity contribution in [1.29, 1.82) is 0 Å². The number of hydrogen-bond donors (Lipinski definition) is 3. The molecule has 4 N–H and O–H groups in total. The Morgan fingerprint density at radius 1 is 1.08 bits per heavy atom. The first-order chi connectivity index (χ1) is 12.2. The lowest BCUT2D eigenvalue weighted by molar-refractivity contribution is 0.0955. The molecule has 0 atom stereocenters. The van der Waals surface area contributed by atoms with E-state index in [0.29, 0.717) is 42.3 Å². The Hall–Kier alpha value is -2.57. The zero-order chi connectivity index (χ0) is 18.1. The van der Waals surface area contributed by atoms with Gasteiger partial charge in [-0.1, -0.05) is 25.1 Å². The fourth-order valence-corrected chi connectivity index (χ4v) is 2.21. The van der Waals surface area contributed by atoms with Crippen LogP contribution in [0.25, 0.3) is 0 Å². The number of amides is 2. The predicted molar refractivity (Wildman–Crippen MR) is 105 cm³/mol. The van der Waals surface area contributed by atoms with Crippen molar-refractivity contribution in [3.8, 4) is 5.75 Å². The molecule has 0 aliphatic carbocycles. The minimum atomic E-state index is -0.305. The second-order valence-electron chi connectivity index (χ2n) is 5.42. The minimum Gasteiger partial charge on any atom is -0.494 e. The van der Waals surface area contributed by atoms with Crippen LogP contribution in [0.5, 0.6) is 5.75 Å². The Morgan fingerprint density at radius 3 is 2.58 bits per heavy atom. The number of nitrogens with two attached hydrogens (primary N) is 1. The minimum absolute atomic E-state index is 0. The maximum Gasteiger partial charge on any atom is 0.255 e. The van der Waals surface area contributed by atoms with Crippen LogP contribution in [0.1, 0.15) is 34.1 Å². The van der Waals surface area contributed by atoms with E-state index in [9.17, 15) is 9.59 Å². The first-order valence-electron chi connectivity index (χ1n) is 8.27. The summed E-state index contributed by atoms with van der Waals surface area (Å²) in [5.41, 5.74) is 6.70. The maximum atomic E-state index is 12.5. The van der Waals surface area contributed by atoms with Gasteiger partial charge in [0.15, 0.2) is 0 Å². The van der Waals surface area contributed by atoms with Gasteiger partial charge in [-0.05, 0) is 36.8 Å². The van der Waals surface area contributed by atoms with Gasteiger partial charge in [-0.2, -0.15) is 0 Å². The zero-order valence-corrected chi connectivity index (χ0v) is 15.5. The van der Waals surface area contributed by atoms with E-state index in [4.69, 9.17) is 10.5 Å². The van der Waals surface area contributed by atoms with Gasteiger partial charge in [0.2, 0.25) is 0 Å². The molecule has 0 aliphatic heterocycles. The van der Waals surface area contributed by atoms with E-state index in [-0.39, 0.29) is 24.2 Å². The summed E-state index contributed by atoms with van der Waals surface area (Å²) in [6, 6.07) is 13.8. The van der Waals surface area contributed by atoms with E-state index in [1.807, 2.05) is 6.92 Å². The molecular weight excluding hydrogens is 354 g/mol. The summed E-state index contributed by atoms with van der Waals surface area (Å²) in [4.78, 5) is 24.7. The van der Waals surface area contributed by atoms with Crippen LogP contribution in [0.2, 0.25) is 0 Å². The topological polar surface area (TPSA) is 93.4 Å². The van der Waals surface area contributed by atoms with Crippen molar-refractivity contribution in [2.24, 2.45) is 5.73 Å². The lowest BCUT2D eigenvalue weighted by atomic mass is 10.1. The van der Waals surface area contributed by atoms with E-state index in [0.717, 1.165) is 6.42 Å². The Balaban J connectivity index is 0.00000338. The van der Waals surface area contributed by atoms with Crippen LogP contribution in [0, 0.1) is 0 Å². The summed E-state index contributed by atoms with van der Waals surface area (Å²) in [5, 5.41) is 5.48. The Morgan fingerprint density at radius 2 is 1.85 bits per heavy atom. The molecule has 6 nitrogen and oxygen atoms in total. The highest BCUT2D eigenvalue weighted by Gasteiger charge is 2.14. The average Bonchev–Trinajstić information content (AvgIpc) is 2.65. The number of ether oxygens (including phenoxy) is 1. The third kappa shape index (κ3) is 6.06. The van der Waals surface area contributed by atoms with Crippen molar-refractivity contribution < 1.29 is 14.3 Å². The average molecular weight is 378 g/mol. The molecule has 0 saturated carbocycles. The number of benzene rings is 2. The first-order valence-corrected chi connectivity index (χ1v) is 8.27. The largest absolute Gasteiger partial charge is 0.494 e. The molecule has 0 fully saturated rings. The van der Waals surface area contributed by atoms with Crippen LogP contribution < -0.4 is 21.1 Å². The van der Waals surface area contributed by atoms with Crippen molar-refractivity contribution in [2.45, 2.75) is 13.3 Å². The molecule has 0 aromatic heterocycles. The van der Waals surface area contributed by atoms with Gasteiger partial charge in [-0.15, -0.1) is 12.4 Å². The van der Waals surface area contributed by atoms with Crippen molar-refractivity contribution in [2.75, 3.05) is 25.0 Å². The van der Waals surface area contributed by atoms with E-state index in [1.165, 1.54) is 0 Å². The number of nitrogens with one attached hydrogen (secondary N) is 2. The normalized spacial score (nSPS) is 9.77. The van der Waals surface area contributed by atoms with Crippen LogP contribution >= 0.6 is 12.4 Å². The van der Waals surface area contributed by atoms with E-state index in [1.54, 1.807) is 48.5 Å². The second kappa shape index (κ2) is 11.1. The summed E-state index contributed by atoms with van der Waals surface area (Å²) >= 11 is 0. The monoisotopic (exact) mass is 377 g/mol. The van der Waals surface area contributed by atoms with E-state index in [2.05, 4.69) is 10.6 Å². The maximum absolute atomic E-state index is 12.5. The lowest BCUT2D eigenvalue weighted by Crippen LogP contribution is -2.30. The second-order valence-corrected chi connectivity index (χ2v) is 5.42. The van der Waals surface area contributed by atoms with Crippen LogP contribution in [-0.2, 0) is 0 Å². The molecule has 26 heavy (non-hydrogen) atoms.